The largest absolute Gasteiger partial charge is 0.489 e. The van der Waals surface area contributed by atoms with E-state index in [0.29, 0.717) is 24.2 Å². The fraction of sp³-hybridized carbons (Fsp3) is 0.130. The van der Waals surface area contributed by atoms with E-state index in [4.69, 9.17) is 14.2 Å². The maximum absolute atomic E-state index is 11.9. The van der Waals surface area contributed by atoms with Gasteiger partial charge >= 0.3 is 5.97 Å². The van der Waals surface area contributed by atoms with Gasteiger partial charge in [0.15, 0.2) is 12.9 Å². The van der Waals surface area contributed by atoms with Crippen LogP contribution in [0.4, 0.5) is 0 Å². The maximum atomic E-state index is 11.9. The molecule has 5 heteroatoms. The van der Waals surface area contributed by atoms with E-state index in [0.717, 1.165) is 11.1 Å². The summed E-state index contributed by atoms with van der Waals surface area (Å²) < 4.78 is 16.4. The molecule has 3 aromatic rings. The molecule has 5 nitrogen and oxygen atoms in total. The van der Waals surface area contributed by atoms with Crippen LogP contribution in [0.15, 0.2) is 78.9 Å². The van der Waals surface area contributed by atoms with Crippen molar-refractivity contribution in [1.82, 2.24) is 0 Å². The van der Waals surface area contributed by atoms with Gasteiger partial charge in [-0.05, 0) is 23.3 Å². The van der Waals surface area contributed by atoms with Crippen molar-refractivity contribution in [3.8, 4) is 11.5 Å². The smallest absolute Gasteiger partial charge is 0.344 e. The summed E-state index contributed by atoms with van der Waals surface area (Å²) in [5.41, 5.74) is 2.25. The fourth-order valence-electron chi connectivity index (χ4n) is 2.48. The van der Waals surface area contributed by atoms with Gasteiger partial charge in [0.2, 0.25) is 0 Å². The Bertz CT molecular complexity index is 907. The molecule has 0 heterocycles. The van der Waals surface area contributed by atoms with Crippen molar-refractivity contribution >= 4 is 12.3 Å². The number of hydrogen-bond acceptors (Lipinski definition) is 5. The number of rotatable bonds is 9. The Morgan fingerprint density at radius 1 is 0.786 bits per heavy atom. The highest BCUT2D eigenvalue weighted by atomic mass is 16.6. The van der Waals surface area contributed by atoms with Crippen molar-refractivity contribution in [2.75, 3.05) is 6.61 Å². The van der Waals surface area contributed by atoms with E-state index >= 15 is 0 Å². The molecule has 0 saturated carbocycles. The SMILES string of the molecule is O=Cc1ccc(OCc2ccccc2)cc1OCC(=O)OCc1ccccc1. The third kappa shape index (κ3) is 5.71. The normalized spacial score (nSPS) is 10.1. The molecule has 0 N–H and O–H groups in total. The summed E-state index contributed by atoms with van der Waals surface area (Å²) in [5, 5.41) is 0. The molecule has 0 bridgehead atoms. The number of carbonyl (C=O) groups is 2. The molecule has 0 aliphatic carbocycles. The minimum atomic E-state index is -0.517. The van der Waals surface area contributed by atoms with E-state index < -0.39 is 5.97 Å². The van der Waals surface area contributed by atoms with Crippen LogP contribution in [-0.4, -0.2) is 18.9 Å². The van der Waals surface area contributed by atoms with Crippen LogP contribution in [0.2, 0.25) is 0 Å². The Kier molecular flexibility index (Phi) is 6.79. The lowest BCUT2D eigenvalue weighted by Crippen LogP contribution is -2.15. The molecule has 0 aliphatic heterocycles. The van der Waals surface area contributed by atoms with Crippen molar-refractivity contribution in [1.29, 1.82) is 0 Å². The molecular formula is C23H20O5. The third-order valence-corrected chi connectivity index (χ3v) is 3.95. The van der Waals surface area contributed by atoms with Crippen LogP contribution in [-0.2, 0) is 22.7 Å². The van der Waals surface area contributed by atoms with Crippen molar-refractivity contribution in [3.63, 3.8) is 0 Å². The molecule has 3 rings (SSSR count). The van der Waals surface area contributed by atoms with Gasteiger partial charge in [0.25, 0.3) is 0 Å². The van der Waals surface area contributed by atoms with E-state index in [2.05, 4.69) is 0 Å². The second-order valence-corrected chi connectivity index (χ2v) is 6.03. The molecule has 0 spiro atoms. The molecule has 0 unspecified atom stereocenters. The van der Waals surface area contributed by atoms with Crippen LogP contribution in [0.1, 0.15) is 21.5 Å². The van der Waals surface area contributed by atoms with Crippen LogP contribution in [0.3, 0.4) is 0 Å². The van der Waals surface area contributed by atoms with Gasteiger partial charge in [0.05, 0.1) is 5.56 Å². The van der Waals surface area contributed by atoms with Gasteiger partial charge in [-0.15, -0.1) is 0 Å². The molecule has 0 radical (unpaired) electrons. The van der Waals surface area contributed by atoms with Gasteiger partial charge in [-0.25, -0.2) is 4.79 Å². The van der Waals surface area contributed by atoms with Gasteiger partial charge in [-0.3, -0.25) is 4.79 Å². The summed E-state index contributed by atoms with van der Waals surface area (Å²) in [6.45, 7) is 0.263. The Hall–Kier alpha value is -3.60. The number of aldehydes is 1. The Balaban J connectivity index is 1.55. The number of benzene rings is 3. The predicted molar refractivity (Wildman–Crippen MR) is 104 cm³/mol. The lowest BCUT2D eigenvalue weighted by molar-refractivity contribution is -0.147. The Morgan fingerprint density at radius 2 is 1.43 bits per heavy atom. The summed E-state index contributed by atoms with van der Waals surface area (Å²) >= 11 is 0. The zero-order valence-electron chi connectivity index (χ0n) is 15.2. The summed E-state index contributed by atoms with van der Waals surface area (Å²) in [4.78, 5) is 23.2. The highest BCUT2D eigenvalue weighted by Gasteiger charge is 2.10. The third-order valence-electron chi connectivity index (χ3n) is 3.95. The van der Waals surface area contributed by atoms with E-state index in [9.17, 15) is 9.59 Å². The molecule has 0 fully saturated rings. The van der Waals surface area contributed by atoms with Gasteiger partial charge in [0, 0.05) is 6.07 Å². The Labute approximate surface area is 163 Å². The zero-order valence-corrected chi connectivity index (χ0v) is 15.2. The van der Waals surface area contributed by atoms with Crippen LogP contribution in [0.25, 0.3) is 0 Å². The Morgan fingerprint density at radius 3 is 2.07 bits per heavy atom. The van der Waals surface area contributed by atoms with E-state index in [1.165, 1.54) is 0 Å². The van der Waals surface area contributed by atoms with Crippen LogP contribution >= 0.6 is 0 Å². The number of esters is 1. The first-order valence-electron chi connectivity index (χ1n) is 8.83. The summed E-state index contributed by atoms with van der Waals surface area (Å²) in [6, 6.07) is 24.0. The summed E-state index contributed by atoms with van der Waals surface area (Å²) in [5.74, 6) is 0.302. The highest BCUT2D eigenvalue weighted by molar-refractivity contribution is 5.80. The van der Waals surface area contributed by atoms with Crippen molar-refractivity contribution in [2.45, 2.75) is 13.2 Å². The van der Waals surface area contributed by atoms with Gasteiger partial charge in [-0.2, -0.15) is 0 Å². The first-order chi connectivity index (χ1) is 13.7. The number of ether oxygens (including phenoxy) is 3. The second-order valence-electron chi connectivity index (χ2n) is 6.03. The zero-order chi connectivity index (χ0) is 19.6. The minimum absolute atomic E-state index is 0.170. The monoisotopic (exact) mass is 376 g/mol. The molecule has 0 atom stereocenters. The van der Waals surface area contributed by atoms with Crippen molar-refractivity contribution < 1.29 is 23.8 Å². The summed E-state index contributed by atoms with van der Waals surface area (Å²) in [6.07, 6.45) is 0.672. The van der Waals surface area contributed by atoms with E-state index in [1.807, 2.05) is 60.7 Å². The van der Waals surface area contributed by atoms with Crippen molar-refractivity contribution in [3.05, 3.63) is 95.6 Å². The predicted octanol–water partition coefficient (Wildman–Crippen LogP) is 4.20. The minimum Gasteiger partial charge on any atom is -0.489 e. The highest BCUT2D eigenvalue weighted by Crippen LogP contribution is 2.24. The van der Waals surface area contributed by atoms with Crippen LogP contribution in [0.5, 0.6) is 11.5 Å². The van der Waals surface area contributed by atoms with Gasteiger partial charge in [-0.1, -0.05) is 60.7 Å². The standard InChI is InChI=1S/C23H20O5/c24-14-20-11-12-21(26-15-18-7-3-1-4-8-18)13-22(20)27-17-23(25)28-16-19-9-5-2-6-10-19/h1-14H,15-17H2. The number of carbonyl (C=O) groups excluding carboxylic acids is 2. The number of hydrogen-bond donors (Lipinski definition) is 0. The fourth-order valence-corrected chi connectivity index (χ4v) is 2.48. The first-order valence-corrected chi connectivity index (χ1v) is 8.83. The van der Waals surface area contributed by atoms with E-state index in [1.54, 1.807) is 18.2 Å². The molecule has 0 saturated heterocycles. The van der Waals surface area contributed by atoms with Crippen LogP contribution in [0, 0.1) is 0 Å². The first kappa shape index (κ1) is 19.2. The molecule has 142 valence electrons. The molecule has 0 aromatic heterocycles. The van der Waals surface area contributed by atoms with Gasteiger partial charge in [0.1, 0.15) is 24.7 Å². The van der Waals surface area contributed by atoms with Crippen molar-refractivity contribution in [2.24, 2.45) is 0 Å². The van der Waals surface area contributed by atoms with Gasteiger partial charge < -0.3 is 14.2 Å². The molecular weight excluding hydrogens is 356 g/mol. The van der Waals surface area contributed by atoms with Crippen LogP contribution < -0.4 is 9.47 Å². The quantitative estimate of drug-likeness (QED) is 0.414. The molecule has 3 aromatic carbocycles. The van der Waals surface area contributed by atoms with E-state index in [-0.39, 0.29) is 19.0 Å². The molecule has 28 heavy (non-hydrogen) atoms. The average molecular weight is 376 g/mol. The topological polar surface area (TPSA) is 61.8 Å². The summed E-state index contributed by atoms with van der Waals surface area (Å²) in [7, 11) is 0. The maximum Gasteiger partial charge on any atom is 0.344 e. The average Bonchev–Trinajstić information content (AvgIpc) is 2.76. The second kappa shape index (κ2) is 9.92. The molecule has 0 aliphatic rings. The lowest BCUT2D eigenvalue weighted by Gasteiger charge is -2.11. The molecule has 0 amide bonds. The lowest BCUT2D eigenvalue weighted by atomic mass is 10.2.